The average molecular weight is 332 g/mol. The van der Waals surface area contributed by atoms with Gasteiger partial charge in [-0.3, -0.25) is 0 Å². The summed E-state index contributed by atoms with van der Waals surface area (Å²) in [7, 11) is -3.42. The van der Waals surface area contributed by atoms with Crippen molar-refractivity contribution in [3.8, 4) is 0 Å². The number of aryl methyl sites for hydroxylation is 1. The lowest BCUT2D eigenvalue weighted by atomic mass is 10.3. The number of hydrogen-bond acceptors (Lipinski definition) is 5. The Balaban J connectivity index is 2.23. The van der Waals surface area contributed by atoms with Gasteiger partial charge in [-0.25, -0.2) is 8.42 Å². The quantitative estimate of drug-likeness (QED) is 0.809. The standard InChI is InChI=1S/C14H24N2O3S2/c1-3-5-15-10-13-14(12(2)11-20-13)21(17,18)16-6-4-8-19-9-7-16/h11,15H,3-10H2,1-2H3. The molecule has 0 bridgehead atoms. The summed E-state index contributed by atoms with van der Waals surface area (Å²) in [6, 6.07) is 0. The van der Waals surface area contributed by atoms with Gasteiger partial charge in [0.25, 0.3) is 0 Å². The molecule has 2 rings (SSSR count). The van der Waals surface area contributed by atoms with Crippen LogP contribution in [0.3, 0.4) is 0 Å². The molecule has 21 heavy (non-hydrogen) atoms. The van der Waals surface area contributed by atoms with Crippen LogP contribution in [0.4, 0.5) is 0 Å². The molecule has 0 aliphatic carbocycles. The highest BCUT2D eigenvalue weighted by Gasteiger charge is 2.30. The molecule has 0 unspecified atom stereocenters. The van der Waals surface area contributed by atoms with Crippen LogP contribution in [0.1, 0.15) is 30.2 Å². The maximum Gasteiger partial charge on any atom is 0.244 e. The van der Waals surface area contributed by atoms with Gasteiger partial charge in [-0.15, -0.1) is 11.3 Å². The molecule has 1 N–H and O–H groups in total. The molecule has 0 saturated carbocycles. The Bertz CT molecular complexity index is 547. The van der Waals surface area contributed by atoms with Crippen LogP contribution in [0, 0.1) is 6.92 Å². The second-order valence-electron chi connectivity index (χ2n) is 5.22. The molecular weight excluding hydrogens is 308 g/mol. The largest absolute Gasteiger partial charge is 0.380 e. The van der Waals surface area contributed by atoms with Crippen molar-refractivity contribution in [2.45, 2.75) is 38.1 Å². The predicted octanol–water partition coefficient (Wildman–Crippen LogP) is 1.97. The molecule has 0 amide bonds. The molecule has 1 aliphatic heterocycles. The van der Waals surface area contributed by atoms with E-state index in [9.17, 15) is 8.42 Å². The van der Waals surface area contributed by atoms with Gasteiger partial charge in [-0.1, -0.05) is 6.92 Å². The maximum absolute atomic E-state index is 12.9. The minimum Gasteiger partial charge on any atom is -0.380 e. The summed E-state index contributed by atoms with van der Waals surface area (Å²) in [4.78, 5) is 1.41. The molecule has 1 fully saturated rings. The number of sulfonamides is 1. The van der Waals surface area contributed by atoms with Crippen LogP contribution in [-0.4, -0.2) is 45.6 Å². The Morgan fingerprint density at radius 3 is 2.95 bits per heavy atom. The molecule has 0 aromatic carbocycles. The molecule has 0 spiro atoms. The second kappa shape index (κ2) is 7.69. The Morgan fingerprint density at radius 2 is 2.19 bits per heavy atom. The Kier molecular flexibility index (Phi) is 6.19. The monoisotopic (exact) mass is 332 g/mol. The summed E-state index contributed by atoms with van der Waals surface area (Å²) in [6.45, 7) is 7.59. The lowest BCUT2D eigenvalue weighted by Crippen LogP contribution is -2.34. The third-order valence-electron chi connectivity index (χ3n) is 3.48. The van der Waals surface area contributed by atoms with Crippen molar-refractivity contribution >= 4 is 21.4 Å². The van der Waals surface area contributed by atoms with Gasteiger partial charge in [0.1, 0.15) is 4.90 Å². The minimum atomic E-state index is -3.42. The Labute approximate surface area is 131 Å². The highest BCUT2D eigenvalue weighted by Crippen LogP contribution is 2.30. The number of ether oxygens (including phenoxy) is 1. The van der Waals surface area contributed by atoms with E-state index < -0.39 is 10.0 Å². The SMILES string of the molecule is CCCNCc1scc(C)c1S(=O)(=O)N1CCCOCC1. The normalized spacial score (nSPS) is 17.8. The van der Waals surface area contributed by atoms with Gasteiger partial charge in [0.2, 0.25) is 10.0 Å². The second-order valence-corrected chi connectivity index (χ2v) is 8.06. The fourth-order valence-electron chi connectivity index (χ4n) is 2.43. The lowest BCUT2D eigenvalue weighted by molar-refractivity contribution is 0.148. The Hall–Kier alpha value is -0.470. The Morgan fingerprint density at radius 1 is 1.38 bits per heavy atom. The van der Waals surface area contributed by atoms with Gasteiger partial charge >= 0.3 is 0 Å². The van der Waals surface area contributed by atoms with Gasteiger partial charge in [-0.2, -0.15) is 4.31 Å². The molecule has 0 radical (unpaired) electrons. The van der Waals surface area contributed by atoms with E-state index in [1.54, 1.807) is 4.31 Å². The third kappa shape index (κ3) is 4.04. The smallest absolute Gasteiger partial charge is 0.244 e. The fourth-order valence-corrected chi connectivity index (χ4v) is 5.62. The van der Waals surface area contributed by atoms with Gasteiger partial charge in [0.15, 0.2) is 0 Å². The van der Waals surface area contributed by atoms with Crippen LogP contribution in [0.2, 0.25) is 0 Å². The summed E-state index contributed by atoms with van der Waals surface area (Å²) in [5.41, 5.74) is 0.846. The summed E-state index contributed by atoms with van der Waals surface area (Å²) < 4.78 is 32.8. The third-order valence-corrected chi connectivity index (χ3v) is 6.84. The highest BCUT2D eigenvalue weighted by atomic mass is 32.2. The molecule has 1 aliphatic rings. The van der Waals surface area contributed by atoms with E-state index in [2.05, 4.69) is 12.2 Å². The fraction of sp³-hybridized carbons (Fsp3) is 0.714. The maximum atomic E-state index is 12.9. The van der Waals surface area contributed by atoms with Crippen LogP contribution >= 0.6 is 11.3 Å². The summed E-state index contributed by atoms with van der Waals surface area (Å²) in [5, 5.41) is 5.23. The summed E-state index contributed by atoms with van der Waals surface area (Å²) in [6.07, 6.45) is 1.79. The number of thiophene rings is 1. The number of nitrogens with zero attached hydrogens (tertiary/aromatic N) is 1. The van der Waals surface area contributed by atoms with Crippen molar-refractivity contribution < 1.29 is 13.2 Å². The van der Waals surface area contributed by atoms with Gasteiger partial charge in [0, 0.05) is 31.1 Å². The van der Waals surface area contributed by atoms with E-state index in [1.807, 2.05) is 12.3 Å². The zero-order chi connectivity index (χ0) is 15.3. The predicted molar refractivity (Wildman–Crippen MR) is 85.2 cm³/mol. The number of nitrogens with one attached hydrogen (secondary N) is 1. The van der Waals surface area contributed by atoms with Gasteiger partial charge in [0.05, 0.1) is 6.61 Å². The van der Waals surface area contributed by atoms with E-state index in [0.29, 0.717) is 37.7 Å². The molecule has 120 valence electrons. The van der Waals surface area contributed by atoms with E-state index in [4.69, 9.17) is 4.74 Å². The average Bonchev–Trinajstić information content (AvgIpc) is 2.68. The molecule has 0 atom stereocenters. The lowest BCUT2D eigenvalue weighted by Gasteiger charge is -2.20. The van der Waals surface area contributed by atoms with Crippen molar-refractivity contribution in [3.63, 3.8) is 0 Å². The van der Waals surface area contributed by atoms with Crippen LogP contribution in [-0.2, 0) is 21.3 Å². The first-order chi connectivity index (χ1) is 10.1. The van der Waals surface area contributed by atoms with Crippen LogP contribution in [0.5, 0.6) is 0 Å². The van der Waals surface area contributed by atoms with E-state index in [0.717, 1.165) is 29.8 Å². The molecule has 5 nitrogen and oxygen atoms in total. The van der Waals surface area contributed by atoms with Crippen molar-refractivity contribution in [1.29, 1.82) is 0 Å². The molecule has 7 heteroatoms. The number of rotatable bonds is 6. The van der Waals surface area contributed by atoms with E-state index in [1.165, 1.54) is 11.3 Å². The zero-order valence-corrected chi connectivity index (χ0v) is 14.4. The van der Waals surface area contributed by atoms with Crippen molar-refractivity contribution in [3.05, 3.63) is 15.8 Å². The van der Waals surface area contributed by atoms with E-state index in [-0.39, 0.29) is 0 Å². The van der Waals surface area contributed by atoms with Crippen LogP contribution in [0.15, 0.2) is 10.3 Å². The molecule has 1 saturated heterocycles. The topological polar surface area (TPSA) is 58.6 Å². The first kappa shape index (κ1) is 16.9. The van der Waals surface area contributed by atoms with Crippen molar-refractivity contribution in [1.82, 2.24) is 9.62 Å². The molecule has 1 aromatic heterocycles. The van der Waals surface area contributed by atoms with Crippen LogP contribution in [0.25, 0.3) is 0 Å². The van der Waals surface area contributed by atoms with Crippen molar-refractivity contribution in [2.75, 3.05) is 32.8 Å². The van der Waals surface area contributed by atoms with Crippen molar-refractivity contribution in [2.24, 2.45) is 0 Å². The number of hydrogen-bond donors (Lipinski definition) is 1. The molecule has 2 heterocycles. The summed E-state index contributed by atoms with van der Waals surface area (Å²) >= 11 is 1.52. The minimum absolute atomic E-state index is 0.444. The first-order valence-corrected chi connectivity index (χ1v) is 9.75. The van der Waals surface area contributed by atoms with E-state index >= 15 is 0 Å². The molecular formula is C14H24N2O3S2. The highest BCUT2D eigenvalue weighted by molar-refractivity contribution is 7.89. The first-order valence-electron chi connectivity index (χ1n) is 7.43. The van der Waals surface area contributed by atoms with Crippen LogP contribution < -0.4 is 5.32 Å². The van der Waals surface area contributed by atoms with Gasteiger partial charge < -0.3 is 10.1 Å². The zero-order valence-electron chi connectivity index (χ0n) is 12.7. The van der Waals surface area contributed by atoms with Gasteiger partial charge in [-0.05, 0) is 37.3 Å². The molecule has 1 aromatic rings. The summed E-state index contributed by atoms with van der Waals surface area (Å²) in [5.74, 6) is 0.